The summed E-state index contributed by atoms with van der Waals surface area (Å²) < 4.78 is 0. The molecule has 0 amide bonds. The topological polar surface area (TPSA) is 123 Å². The number of phenols is 1. The highest BCUT2D eigenvalue weighted by Gasteiger charge is 2.27. The second-order valence-corrected chi connectivity index (χ2v) is 8.79. The van der Waals surface area contributed by atoms with Crippen LogP contribution in [-0.2, 0) is 17.6 Å². The summed E-state index contributed by atoms with van der Waals surface area (Å²) in [6.07, 6.45) is 1.21. The molecular weight excluding hydrogens is 420 g/mol. The number of hydrogen-bond acceptors (Lipinski definition) is 5. The van der Waals surface area contributed by atoms with E-state index in [9.17, 15) is 15.0 Å². The van der Waals surface area contributed by atoms with Gasteiger partial charge < -0.3 is 25.6 Å². The van der Waals surface area contributed by atoms with Gasteiger partial charge in [0, 0.05) is 31.0 Å². The second-order valence-electron chi connectivity index (χ2n) is 8.79. The van der Waals surface area contributed by atoms with Gasteiger partial charge in [0.25, 0.3) is 5.97 Å². The number of aliphatic carboxylic acids is 1. The molecule has 0 bridgehead atoms. The number of aromatic amines is 1. The molecule has 33 heavy (non-hydrogen) atoms. The number of fused-ring (bicyclic) bond motifs is 2. The number of H-pyrrole nitrogens is 1. The Bertz CT molecular complexity index is 1220. The minimum atomic E-state index is -0.833. The van der Waals surface area contributed by atoms with Gasteiger partial charge in [-0.3, -0.25) is 9.59 Å². The number of phenolic OH excluding ortho intramolecular Hbond substituents is 1. The van der Waals surface area contributed by atoms with E-state index in [2.05, 4.69) is 38.0 Å². The summed E-state index contributed by atoms with van der Waals surface area (Å²) in [5, 5.41) is 32.5. The van der Waals surface area contributed by atoms with Crippen LogP contribution in [0.3, 0.4) is 0 Å². The first-order valence-corrected chi connectivity index (χ1v) is 11.0. The number of hydrogen-bond donors (Lipinski definition) is 5. The molecule has 2 aromatic carbocycles. The molecule has 0 spiro atoms. The Kier molecular flexibility index (Phi) is 7.25. The Morgan fingerprint density at radius 1 is 1.03 bits per heavy atom. The molecule has 1 aromatic heterocycles. The van der Waals surface area contributed by atoms with Gasteiger partial charge in [0.1, 0.15) is 5.75 Å². The van der Waals surface area contributed by atoms with Crippen LogP contribution in [0.1, 0.15) is 52.0 Å². The lowest BCUT2D eigenvalue weighted by Crippen LogP contribution is -2.33. The van der Waals surface area contributed by atoms with Crippen molar-refractivity contribution in [2.24, 2.45) is 0 Å². The van der Waals surface area contributed by atoms with Crippen LogP contribution in [0.25, 0.3) is 10.9 Å². The molecule has 1 aliphatic carbocycles. The molecule has 1 aliphatic rings. The van der Waals surface area contributed by atoms with E-state index in [4.69, 9.17) is 9.90 Å². The van der Waals surface area contributed by atoms with Crippen LogP contribution < -0.4 is 10.9 Å². The Morgan fingerprint density at radius 3 is 2.12 bits per heavy atom. The lowest BCUT2D eigenvalue weighted by atomic mass is 9.90. The van der Waals surface area contributed by atoms with E-state index in [1.165, 1.54) is 45.5 Å². The maximum absolute atomic E-state index is 11.6. The van der Waals surface area contributed by atoms with E-state index in [1.807, 2.05) is 0 Å². The van der Waals surface area contributed by atoms with Crippen molar-refractivity contribution in [3.63, 3.8) is 0 Å². The average molecular weight is 453 g/mol. The van der Waals surface area contributed by atoms with Crippen molar-refractivity contribution in [3.8, 4) is 5.75 Å². The number of aliphatic hydroxyl groups is 1. The molecule has 0 unspecified atom stereocenters. The fraction of sp³-hybridized carbons (Fsp3) is 0.385. The normalized spacial score (nSPS) is 14.0. The molecule has 1 atom stereocenters. The maximum Gasteiger partial charge on any atom is 0.300 e. The van der Waals surface area contributed by atoms with Gasteiger partial charge >= 0.3 is 0 Å². The summed E-state index contributed by atoms with van der Waals surface area (Å²) in [5.74, 6) is -0.829. The summed E-state index contributed by atoms with van der Waals surface area (Å²) in [6, 6.07) is 6.58. The maximum atomic E-state index is 11.6. The zero-order chi connectivity index (χ0) is 24.4. The van der Waals surface area contributed by atoms with E-state index in [0.29, 0.717) is 29.1 Å². The van der Waals surface area contributed by atoms with E-state index < -0.39 is 12.1 Å². The third-order valence-electron chi connectivity index (χ3n) is 6.72. The number of carboxylic acid groups (broad SMARTS) is 1. The lowest BCUT2D eigenvalue weighted by molar-refractivity contribution is -0.134. The molecule has 176 valence electrons. The lowest BCUT2D eigenvalue weighted by Gasteiger charge is -2.18. The summed E-state index contributed by atoms with van der Waals surface area (Å²) in [5.41, 5.74) is 9.21. The number of rotatable bonds is 4. The highest BCUT2D eigenvalue weighted by Crippen LogP contribution is 2.34. The molecule has 3 aromatic rings. The third kappa shape index (κ3) is 5.10. The largest absolute Gasteiger partial charge is 0.506 e. The molecular formula is C26H32N2O5. The molecule has 4 rings (SSSR count). The van der Waals surface area contributed by atoms with Crippen molar-refractivity contribution < 1.29 is 20.1 Å². The molecule has 7 heteroatoms. The predicted molar refractivity (Wildman–Crippen MR) is 129 cm³/mol. The van der Waals surface area contributed by atoms with Gasteiger partial charge in [0.05, 0.1) is 11.6 Å². The molecule has 0 aliphatic heterocycles. The highest BCUT2D eigenvalue weighted by atomic mass is 16.4. The number of carbonyl (C=O) groups is 1. The van der Waals surface area contributed by atoms with Crippen LogP contribution in [-0.4, -0.2) is 38.9 Å². The van der Waals surface area contributed by atoms with Crippen molar-refractivity contribution in [2.45, 2.75) is 59.6 Å². The summed E-state index contributed by atoms with van der Waals surface area (Å²) in [4.78, 5) is 23.2. The minimum absolute atomic E-state index is 0.00421. The third-order valence-corrected chi connectivity index (χ3v) is 6.72. The second kappa shape index (κ2) is 9.77. The Hall–Kier alpha value is -3.16. The smallest absolute Gasteiger partial charge is 0.300 e. The minimum Gasteiger partial charge on any atom is -0.506 e. The van der Waals surface area contributed by atoms with Crippen molar-refractivity contribution in [1.82, 2.24) is 10.3 Å². The number of pyridine rings is 1. The van der Waals surface area contributed by atoms with Crippen molar-refractivity contribution in [3.05, 3.63) is 73.6 Å². The molecule has 1 heterocycles. The molecule has 0 saturated carbocycles. The fourth-order valence-corrected chi connectivity index (χ4v) is 4.67. The van der Waals surface area contributed by atoms with Gasteiger partial charge in [0.2, 0.25) is 5.56 Å². The number of aromatic nitrogens is 1. The number of aliphatic hydroxyl groups excluding tert-OH is 1. The molecule has 0 radical (unpaired) electrons. The van der Waals surface area contributed by atoms with E-state index >= 15 is 0 Å². The van der Waals surface area contributed by atoms with Crippen LogP contribution in [0.4, 0.5) is 0 Å². The Balaban J connectivity index is 0.000000709. The van der Waals surface area contributed by atoms with Crippen LogP contribution in [0.5, 0.6) is 5.75 Å². The Labute approximate surface area is 193 Å². The summed E-state index contributed by atoms with van der Waals surface area (Å²) in [6.45, 7) is 10.3. The van der Waals surface area contributed by atoms with Gasteiger partial charge in [-0.2, -0.15) is 0 Å². The highest BCUT2D eigenvalue weighted by molar-refractivity contribution is 5.87. The van der Waals surface area contributed by atoms with Crippen molar-refractivity contribution in [2.75, 3.05) is 6.54 Å². The molecule has 5 N–H and O–H groups in total. The van der Waals surface area contributed by atoms with Crippen LogP contribution in [0.2, 0.25) is 0 Å². The fourth-order valence-electron chi connectivity index (χ4n) is 4.67. The van der Waals surface area contributed by atoms with Crippen LogP contribution in [0.15, 0.2) is 29.1 Å². The first-order valence-electron chi connectivity index (χ1n) is 11.0. The van der Waals surface area contributed by atoms with Gasteiger partial charge in [-0.25, -0.2) is 0 Å². The summed E-state index contributed by atoms with van der Waals surface area (Å²) >= 11 is 0. The standard InChI is InChI=1S/C24H28N2O3.C2H4O2/c1-12-13(2)15(4)20-10-16(9-19(20)14(12)3)25-11-22(28)17-5-7-21(27)24-18(17)6-8-23(29)26-24;1-2(3)4/h5-8,16,22,25,27-28H,9-11H2,1-4H3,(H,26,29);1H3,(H,3,4)/t22-;/m1./s1. The number of nitrogens with one attached hydrogen (secondary N) is 2. The van der Waals surface area contributed by atoms with Crippen molar-refractivity contribution >= 4 is 16.9 Å². The molecule has 7 nitrogen and oxygen atoms in total. The SMILES string of the molecule is CC(=O)O.Cc1c(C)c(C)c2c(c1C)CC(NC[C@@H](O)c1ccc(O)c3[nH]c(=O)ccc13)C2. The Morgan fingerprint density at radius 2 is 1.58 bits per heavy atom. The predicted octanol–water partition coefficient (Wildman–Crippen LogP) is 3.35. The van der Waals surface area contributed by atoms with Gasteiger partial charge in [-0.1, -0.05) is 6.07 Å². The monoisotopic (exact) mass is 452 g/mol. The first kappa shape index (κ1) is 24.5. The first-order chi connectivity index (χ1) is 15.5. The zero-order valence-electron chi connectivity index (χ0n) is 19.7. The number of aromatic hydroxyl groups is 1. The molecule has 0 saturated heterocycles. The zero-order valence-corrected chi connectivity index (χ0v) is 19.7. The van der Waals surface area contributed by atoms with Gasteiger partial charge in [0.15, 0.2) is 0 Å². The number of benzene rings is 2. The number of carboxylic acids is 1. The van der Waals surface area contributed by atoms with E-state index in [1.54, 1.807) is 12.1 Å². The molecule has 0 fully saturated rings. The van der Waals surface area contributed by atoms with Crippen LogP contribution in [0, 0.1) is 27.7 Å². The van der Waals surface area contributed by atoms with Crippen LogP contribution >= 0.6 is 0 Å². The van der Waals surface area contributed by atoms with E-state index in [0.717, 1.165) is 19.8 Å². The average Bonchev–Trinajstić information content (AvgIpc) is 3.19. The van der Waals surface area contributed by atoms with Crippen molar-refractivity contribution in [1.29, 1.82) is 0 Å². The van der Waals surface area contributed by atoms with Gasteiger partial charge in [-0.15, -0.1) is 0 Å². The summed E-state index contributed by atoms with van der Waals surface area (Å²) in [7, 11) is 0. The van der Waals surface area contributed by atoms with E-state index in [-0.39, 0.29) is 11.3 Å². The quantitative estimate of drug-likeness (QED) is 0.414. The van der Waals surface area contributed by atoms with Gasteiger partial charge in [-0.05, 0) is 91.6 Å².